The molecule has 0 aromatic rings. The van der Waals surface area contributed by atoms with Gasteiger partial charge in [-0.2, -0.15) is 0 Å². The van der Waals surface area contributed by atoms with Crippen LogP contribution in [0.4, 0.5) is 0 Å². The van der Waals surface area contributed by atoms with Crippen molar-refractivity contribution in [2.45, 2.75) is 85.5 Å². The molecule has 4 heteroatoms. The van der Waals surface area contributed by atoms with E-state index in [0.29, 0.717) is 24.6 Å². The summed E-state index contributed by atoms with van der Waals surface area (Å²) in [7, 11) is 2.14. The largest absolute Gasteiger partial charge is 0.465 e. The first-order valence-electron chi connectivity index (χ1n) is 8.22. The van der Waals surface area contributed by atoms with Crippen molar-refractivity contribution in [3.8, 4) is 0 Å². The zero-order chi connectivity index (χ0) is 16.8. The molecule has 0 amide bonds. The van der Waals surface area contributed by atoms with Gasteiger partial charge in [0.15, 0.2) is 0 Å². The number of esters is 1. The van der Waals surface area contributed by atoms with E-state index in [2.05, 4.69) is 58.8 Å². The number of nitrogens with zero attached hydrogens (tertiary/aromatic N) is 1. The van der Waals surface area contributed by atoms with Crippen molar-refractivity contribution in [3.63, 3.8) is 0 Å². The standard InChI is InChI=1S/C17H36N2O2/c1-10-21-16(20)17(8,18-13(4)5)11-14(6)19(9)15(7)12(2)3/h12-15,18H,10-11H2,1-9H3. The van der Waals surface area contributed by atoms with Gasteiger partial charge in [0.25, 0.3) is 0 Å². The minimum absolute atomic E-state index is 0.156. The van der Waals surface area contributed by atoms with E-state index in [0.717, 1.165) is 6.42 Å². The van der Waals surface area contributed by atoms with Crippen LogP contribution in [-0.2, 0) is 9.53 Å². The molecule has 0 saturated carbocycles. The molecule has 0 aliphatic heterocycles. The lowest BCUT2D eigenvalue weighted by Gasteiger charge is -2.39. The van der Waals surface area contributed by atoms with Crippen LogP contribution in [0.1, 0.15) is 61.8 Å². The lowest BCUT2D eigenvalue weighted by Crippen LogP contribution is -2.56. The van der Waals surface area contributed by atoms with Gasteiger partial charge in [0.1, 0.15) is 5.54 Å². The summed E-state index contributed by atoms with van der Waals surface area (Å²) < 4.78 is 5.28. The van der Waals surface area contributed by atoms with Gasteiger partial charge in [0.2, 0.25) is 0 Å². The molecule has 0 aromatic carbocycles. The van der Waals surface area contributed by atoms with Crippen LogP contribution in [0, 0.1) is 5.92 Å². The third-order valence-electron chi connectivity index (χ3n) is 4.34. The lowest BCUT2D eigenvalue weighted by molar-refractivity contribution is -0.151. The molecular formula is C17H36N2O2. The van der Waals surface area contributed by atoms with Gasteiger partial charge in [-0.05, 0) is 60.9 Å². The summed E-state index contributed by atoms with van der Waals surface area (Å²) in [6.07, 6.45) is 0.734. The predicted octanol–water partition coefficient (Wildman–Crippen LogP) is 3.06. The third kappa shape index (κ3) is 6.35. The molecule has 21 heavy (non-hydrogen) atoms. The molecule has 0 bridgehead atoms. The second-order valence-electron chi connectivity index (χ2n) is 7.05. The quantitative estimate of drug-likeness (QED) is 0.665. The molecule has 0 heterocycles. The first-order valence-corrected chi connectivity index (χ1v) is 8.22. The van der Waals surface area contributed by atoms with Crippen molar-refractivity contribution < 1.29 is 9.53 Å². The first-order chi connectivity index (χ1) is 9.55. The number of rotatable bonds is 9. The van der Waals surface area contributed by atoms with E-state index >= 15 is 0 Å². The van der Waals surface area contributed by atoms with Crippen molar-refractivity contribution in [3.05, 3.63) is 0 Å². The second-order valence-corrected chi connectivity index (χ2v) is 7.05. The second kappa shape index (κ2) is 8.74. The van der Waals surface area contributed by atoms with Crippen LogP contribution in [0.2, 0.25) is 0 Å². The highest BCUT2D eigenvalue weighted by atomic mass is 16.5. The molecule has 0 aliphatic carbocycles. The van der Waals surface area contributed by atoms with Gasteiger partial charge in [-0.1, -0.05) is 13.8 Å². The SMILES string of the molecule is CCOC(=O)C(C)(CC(C)N(C)C(C)C(C)C)NC(C)C. The van der Waals surface area contributed by atoms with Gasteiger partial charge in [-0.25, -0.2) is 0 Å². The molecule has 0 fully saturated rings. The van der Waals surface area contributed by atoms with Crippen molar-refractivity contribution >= 4 is 5.97 Å². The summed E-state index contributed by atoms with van der Waals surface area (Å²) in [6.45, 7) is 17.2. The van der Waals surface area contributed by atoms with Crippen LogP contribution in [0.5, 0.6) is 0 Å². The van der Waals surface area contributed by atoms with Crippen LogP contribution in [0.3, 0.4) is 0 Å². The van der Waals surface area contributed by atoms with E-state index in [-0.39, 0.29) is 12.0 Å². The summed E-state index contributed by atoms with van der Waals surface area (Å²) in [6, 6.07) is 1.01. The fraction of sp³-hybridized carbons (Fsp3) is 0.941. The van der Waals surface area contributed by atoms with Crippen molar-refractivity contribution in [1.29, 1.82) is 0 Å². The Balaban J connectivity index is 4.99. The van der Waals surface area contributed by atoms with Gasteiger partial charge >= 0.3 is 5.97 Å². The molecular weight excluding hydrogens is 264 g/mol. The van der Waals surface area contributed by atoms with Crippen molar-refractivity contribution in [1.82, 2.24) is 10.2 Å². The fourth-order valence-electron chi connectivity index (χ4n) is 2.74. The molecule has 126 valence electrons. The van der Waals surface area contributed by atoms with Gasteiger partial charge in [-0.3, -0.25) is 10.1 Å². The van der Waals surface area contributed by atoms with Crippen LogP contribution in [0.25, 0.3) is 0 Å². The highest BCUT2D eigenvalue weighted by molar-refractivity contribution is 5.80. The number of hydrogen-bond donors (Lipinski definition) is 1. The minimum atomic E-state index is -0.644. The molecule has 0 aliphatic rings. The molecule has 0 saturated heterocycles. The molecule has 3 unspecified atom stereocenters. The highest BCUT2D eigenvalue weighted by Crippen LogP contribution is 2.21. The third-order valence-corrected chi connectivity index (χ3v) is 4.34. The van der Waals surface area contributed by atoms with Crippen LogP contribution >= 0.6 is 0 Å². The molecule has 3 atom stereocenters. The summed E-state index contributed by atoms with van der Waals surface area (Å²) in [5, 5.41) is 3.39. The molecule has 4 nitrogen and oxygen atoms in total. The molecule has 1 N–H and O–H groups in total. The average Bonchev–Trinajstić information content (AvgIpc) is 2.35. The Hall–Kier alpha value is -0.610. The Morgan fingerprint density at radius 1 is 1.19 bits per heavy atom. The lowest BCUT2D eigenvalue weighted by atomic mass is 9.90. The van der Waals surface area contributed by atoms with Crippen molar-refractivity contribution in [2.24, 2.45) is 5.92 Å². The summed E-state index contributed by atoms with van der Waals surface area (Å²) >= 11 is 0. The predicted molar refractivity (Wildman–Crippen MR) is 89.5 cm³/mol. The summed E-state index contributed by atoms with van der Waals surface area (Å²) in [5.41, 5.74) is -0.644. The van der Waals surface area contributed by atoms with E-state index in [1.54, 1.807) is 0 Å². The number of nitrogens with one attached hydrogen (secondary N) is 1. The highest BCUT2D eigenvalue weighted by Gasteiger charge is 2.38. The van der Waals surface area contributed by atoms with Crippen LogP contribution < -0.4 is 5.32 Å². The van der Waals surface area contributed by atoms with Gasteiger partial charge < -0.3 is 9.64 Å². The van der Waals surface area contributed by atoms with E-state index in [9.17, 15) is 4.79 Å². The van der Waals surface area contributed by atoms with E-state index in [4.69, 9.17) is 4.74 Å². The Kier molecular flexibility index (Phi) is 8.49. The van der Waals surface area contributed by atoms with E-state index in [1.807, 2.05) is 13.8 Å². The Morgan fingerprint density at radius 3 is 2.10 bits per heavy atom. The van der Waals surface area contributed by atoms with Crippen molar-refractivity contribution in [2.75, 3.05) is 13.7 Å². The Morgan fingerprint density at radius 2 is 1.71 bits per heavy atom. The minimum Gasteiger partial charge on any atom is -0.465 e. The molecule has 0 radical (unpaired) electrons. The maximum Gasteiger partial charge on any atom is 0.326 e. The Bertz CT molecular complexity index is 318. The Labute approximate surface area is 131 Å². The van der Waals surface area contributed by atoms with Gasteiger partial charge in [-0.15, -0.1) is 0 Å². The number of hydrogen-bond acceptors (Lipinski definition) is 4. The average molecular weight is 300 g/mol. The fourth-order valence-corrected chi connectivity index (χ4v) is 2.74. The summed E-state index contributed by atoms with van der Waals surface area (Å²) in [5.74, 6) is 0.431. The molecule has 0 aromatic heterocycles. The van der Waals surface area contributed by atoms with Gasteiger partial charge in [0, 0.05) is 18.1 Å². The van der Waals surface area contributed by atoms with Gasteiger partial charge in [0.05, 0.1) is 6.61 Å². The summed E-state index contributed by atoms with van der Waals surface area (Å²) in [4.78, 5) is 14.7. The molecule has 0 spiro atoms. The topological polar surface area (TPSA) is 41.6 Å². The first kappa shape index (κ1) is 20.4. The normalized spacial score (nSPS) is 17.9. The van der Waals surface area contributed by atoms with E-state index < -0.39 is 5.54 Å². The number of carbonyl (C=O) groups is 1. The van der Waals surface area contributed by atoms with E-state index in [1.165, 1.54) is 0 Å². The maximum atomic E-state index is 12.4. The zero-order valence-electron chi connectivity index (χ0n) is 15.5. The number of ether oxygens (including phenoxy) is 1. The van der Waals surface area contributed by atoms with Crippen LogP contribution in [0.15, 0.2) is 0 Å². The monoisotopic (exact) mass is 300 g/mol. The molecule has 0 rings (SSSR count). The van der Waals surface area contributed by atoms with Crippen LogP contribution in [-0.4, -0.2) is 48.2 Å². The smallest absolute Gasteiger partial charge is 0.326 e. The zero-order valence-corrected chi connectivity index (χ0v) is 15.5. The number of carbonyl (C=O) groups excluding carboxylic acids is 1. The maximum absolute atomic E-state index is 12.4.